The fraction of sp³-hybridized carbons (Fsp3) is 0.333. The van der Waals surface area contributed by atoms with E-state index in [0.29, 0.717) is 12.3 Å². The molecule has 3 rings (SSSR count). The van der Waals surface area contributed by atoms with Crippen LogP contribution in [0.4, 0.5) is 0 Å². The minimum atomic E-state index is -0.258. The number of H-pyrrole nitrogens is 1. The standard InChI is InChI=1S/C18H22N4O2/c1-4-12-13-7-5-6-8-14(13)20-17(12)18(23)21-15(11-24-3)16-9-10-19-22(16)2/h5-10,15,20H,4,11H2,1-3H3,(H,21,23)/t15-/m1/s1. The average Bonchev–Trinajstić information content (AvgIpc) is 3.17. The third kappa shape index (κ3) is 2.92. The van der Waals surface area contributed by atoms with Gasteiger partial charge in [-0.15, -0.1) is 0 Å². The second-order valence-corrected chi connectivity index (χ2v) is 5.74. The number of benzene rings is 1. The highest BCUT2D eigenvalue weighted by Gasteiger charge is 2.22. The summed E-state index contributed by atoms with van der Waals surface area (Å²) in [5, 5.41) is 8.32. The molecule has 3 aromatic rings. The molecule has 0 radical (unpaired) electrons. The van der Waals surface area contributed by atoms with Crippen LogP contribution in [0.3, 0.4) is 0 Å². The fourth-order valence-electron chi connectivity index (χ4n) is 3.09. The summed E-state index contributed by atoms with van der Waals surface area (Å²) < 4.78 is 7.01. The van der Waals surface area contributed by atoms with Gasteiger partial charge in [0.25, 0.3) is 5.91 Å². The van der Waals surface area contributed by atoms with E-state index in [4.69, 9.17) is 4.74 Å². The van der Waals surface area contributed by atoms with Crippen molar-refractivity contribution in [3.63, 3.8) is 0 Å². The van der Waals surface area contributed by atoms with E-state index in [-0.39, 0.29) is 11.9 Å². The zero-order valence-electron chi connectivity index (χ0n) is 14.2. The molecule has 6 heteroatoms. The maximum atomic E-state index is 12.9. The van der Waals surface area contributed by atoms with Gasteiger partial charge in [0.1, 0.15) is 5.69 Å². The Morgan fingerprint density at radius 1 is 1.38 bits per heavy atom. The van der Waals surface area contributed by atoms with Crippen molar-refractivity contribution in [1.29, 1.82) is 0 Å². The van der Waals surface area contributed by atoms with Gasteiger partial charge in [0.2, 0.25) is 0 Å². The van der Waals surface area contributed by atoms with Gasteiger partial charge in [-0.1, -0.05) is 25.1 Å². The second kappa shape index (κ2) is 6.88. The Hall–Kier alpha value is -2.60. The molecule has 1 atom stereocenters. The number of ether oxygens (including phenoxy) is 1. The SMILES string of the molecule is CCc1c(C(=O)N[C@H](COC)c2ccnn2C)[nH]c2ccccc12. The summed E-state index contributed by atoms with van der Waals surface area (Å²) in [5.74, 6) is -0.133. The second-order valence-electron chi connectivity index (χ2n) is 5.74. The molecule has 0 spiro atoms. The quantitative estimate of drug-likeness (QED) is 0.731. The first kappa shape index (κ1) is 16.3. The number of amides is 1. The molecule has 6 nitrogen and oxygen atoms in total. The van der Waals surface area contributed by atoms with E-state index >= 15 is 0 Å². The van der Waals surface area contributed by atoms with Crippen LogP contribution >= 0.6 is 0 Å². The number of para-hydroxylation sites is 1. The van der Waals surface area contributed by atoms with E-state index in [1.165, 1.54) is 0 Å². The molecule has 0 fully saturated rings. The Labute approximate surface area is 140 Å². The van der Waals surface area contributed by atoms with Crippen LogP contribution in [-0.2, 0) is 18.2 Å². The summed E-state index contributed by atoms with van der Waals surface area (Å²) in [6, 6.07) is 9.60. The van der Waals surface area contributed by atoms with Crippen molar-refractivity contribution in [1.82, 2.24) is 20.1 Å². The molecule has 1 amide bonds. The lowest BCUT2D eigenvalue weighted by atomic mass is 10.1. The van der Waals surface area contributed by atoms with Crippen molar-refractivity contribution < 1.29 is 9.53 Å². The molecule has 24 heavy (non-hydrogen) atoms. The van der Waals surface area contributed by atoms with Crippen LogP contribution in [0.25, 0.3) is 10.9 Å². The van der Waals surface area contributed by atoms with Gasteiger partial charge < -0.3 is 15.0 Å². The molecule has 1 aromatic carbocycles. The summed E-state index contributed by atoms with van der Waals surface area (Å²) in [5.41, 5.74) is 3.52. The van der Waals surface area contributed by atoms with Gasteiger partial charge in [-0.3, -0.25) is 9.48 Å². The Balaban J connectivity index is 1.92. The number of aromatic amines is 1. The van der Waals surface area contributed by atoms with Crippen LogP contribution in [0.15, 0.2) is 36.5 Å². The first-order valence-corrected chi connectivity index (χ1v) is 8.03. The van der Waals surface area contributed by atoms with Gasteiger partial charge in [0.15, 0.2) is 0 Å². The van der Waals surface area contributed by atoms with Gasteiger partial charge >= 0.3 is 0 Å². The molecular formula is C18H22N4O2. The number of methoxy groups -OCH3 is 1. The van der Waals surface area contributed by atoms with Crippen molar-refractivity contribution in [2.75, 3.05) is 13.7 Å². The van der Waals surface area contributed by atoms with Crippen LogP contribution in [-0.4, -0.2) is 34.4 Å². The summed E-state index contributed by atoms with van der Waals surface area (Å²) in [4.78, 5) is 16.1. The lowest BCUT2D eigenvalue weighted by molar-refractivity contribution is 0.0887. The van der Waals surface area contributed by atoms with E-state index in [0.717, 1.165) is 28.6 Å². The average molecular weight is 326 g/mol. The van der Waals surface area contributed by atoms with Gasteiger partial charge in [0.05, 0.1) is 18.3 Å². The number of nitrogens with zero attached hydrogens (tertiary/aromatic N) is 2. The first-order valence-electron chi connectivity index (χ1n) is 8.03. The van der Waals surface area contributed by atoms with E-state index in [1.807, 2.05) is 37.4 Å². The van der Waals surface area contributed by atoms with Crippen molar-refractivity contribution >= 4 is 16.8 Å². The molecular weight excluding hydrogens is 304 g/mol. The highest BCUT2D eigenvalue weighted by molar-refractivity contribution is 6.01. The summed E-state index contributed by atoms with van der Waals surface area (Å²) in [6.45, 7) is 2.44. The number of carbonyl (C=O) groups excluding carboxylic acids is 1. The number of aryl methyl sites for hydroxylation is 2. The molecule has 0 saturated carbocycles. The van der Waals surface area contributed by atoms with Gasteiger partial charge in [-0.05, 0) is 24.1 Å². The smallest absolute Gasteiger partial charge is 0.268 e. The summed E-state index contributed by atoms with van der Waals surface area (Å²) >= 11 is 0. The van der Waals surface area contributed by atoms with E-state index in [9.17, 15) is 4.79 Å². The number of hydrogen-bond acceptors (Lipinski definition) is 3. The monoisotopic (exact) mass is 326 g/mol. The van der Waals surface area contributed by atoms with E-state index in [1.54, 1.807) is 18.0 Å². The Kier molecular flexibility index (Phi) is 4.66. The Bertz CT molecular complexity index is 850. The van der Waals surface area contributed by atoms with Crippen molar-refractivity contribution in [2.45, 2.75) is 19.4 Å². The molecule has 0 bridgehead atoms. The molecule has 2 aromatic heterocycles. The maximum Gasteiger partial charge on any atom is 0.268 e. The van der Waals surface area contributed by atoms with Crippen LogP contribution in [0, 0.1) is 0 Å². The molecule has 0 aliphatic heterocycles. The number of nitrogens with one attached hydrogen (secondary N) is 2. The normalized spacial score (nSPS) is 12.5. The van der Waals surface area contributed by atoms with Crippen LogP contribution in [0.1, 0.15) is 34.7 Å². The summed E-state index contributed by atoms with van der Waals surface area (Å²) in [6.07, 6.45) is 2.50. The predicted molar refractivity (Wildman–Crippen MR) is 93.0 cm³/mol. The van der Waals surface area contributed by atoms with Crippen LogP contribution in [0.2, 0.25) is 0 Å². The number of carbonyl (C=O) groups is 1. The largest absolute Gasteiger partial charge is 0.382 e. The number of fused-ring (bicyclic) bond motifs is 1. The number of hydrogen-bond donors (Lipinski definition) is 2. The van der Waals surface area contributed by atoms with E-state index in [2.05, 4.69) is 22.3 Å². The minimum absolute atomic E-state index is 0.133. The number of aromatic nitrogens is 3. The fourth-order valence-corrected chi connectivity index (χ4v) is 3.09. The molecule has 126 valence electrons. The molecule has 2 heterocycles. The highest BCUT2D eigenvalue weighted by atomic mass is 16.5. The minimum Gasteiger partial charge on any atom is -0.382 e. The molecule has 0 aliphatic carbocycles. The lowest BCUT2D eigenvalue weighted by Gasteiger charge is -2.18. The zero-order valence-corrected chi connectivity index (χ0v) is 14.2. The van der Waals surface area contributed by atoms with Crippen molar-refractivity contribution in [3.8, 4) is 0 Å². The van der Waals surface area contributed by atoms with Crippen LogP contribution in [0.5, 0.6) is 0 Å². The van der Waals surface area contributed by atoms with Crippen molar-refractivity contribution in [3.05, 3.63) is 53.5 Å². The van der Waals surface area contributed by atoms with Gasteiger partial charge in [0, 0.05) is 31.3 Å². The lowest BCUT2D eigenvalue weighted by Crippen LogP contribution is -2.33. The van der Waals surface area contributed by atoms with Crippen molar-refractivity contribution in [2.24, 2.45) is 7.05 Å². The Morgan fingerprint density at radius 3 is 2.83 bits per heavy atom. The van der Waals surface area contributed by atoms with Gasteiger partial charge in [-0.25, -0.2) is 0 Å². The van der Waals surface area contributed by atoms with Gasteiger partial charge in [-0.2, -0.15) is 5.10 Å². The molecule has 0 aliphatic rings. The third-order valence-corrected chi connectivity index (χ3v) is 4.25. The third-order valence-electron chi connectivity index (χ3n) is 4.25. The Morgan fingerprint density at radius 2 is 2.17 bits per heavy atom. The maximum absolute atomic E-state index is 12.9. The number of rotatable bonds is 6. The topological polar surface area (TPSA) is 71.9 Å². The first-order chi connectivity index (χ1) is 11.7. The summed E-state index contributed by atoms with van der Waals surface area (Å²) in [7, 11) is 3.47. The molecule has 0 saturated heterocycles. The molecule has 2 N–H and O–H groups in total. The zero-order chi connectivity index (χ0) is 17.1. The van der Waals surface area contributed by atoms with E-state index < -0.39 is 0 Å². The molecule has 0 unspecified atom stereocenters. The predicted octanol–water partition coefficient (Wildman–Crippen LogP) is 2.58. The highest BCUT2D eigenvalue weighted by Crippen LogP contribution is 2.23. The van der Waals surface area contributed by atoms with Crippen LogP contribution < -0.4 is 5.32 Å².